The van der Waals surface area contributed by atoms with Crippen molar-refractivity contribution >= 4 is 15.9 Å². The maximum absolute atomic E-state index is 12.5. The van der Waals surface area contributed by atoms with Crippen molar-refractivity contribution in [3.05, 3.63) is 35.4 Å². The quantitative estimate of drug-likeness (QED) is 0.753. The Hall–Kier alpha value is -1.88. The second-order valence-electron chi connectivity index (χ2n) is 7.86. The molecule has 3 atom stereocenters. The SMILES string of the molecule is CCS(=O)(=O)N1CC(=O)N2[C@H](CO)[C@@H](c3ccc(C#CCC(C)C)cc3)[C@H]2C1. The van der Waals surface area contributed by atoms with Gasteiger partial charge in [-0.15, -0.1) is 0 Å². The van der Waals surface area contributed by atoms with Crippen molar-refractivity contribution in [1.82, 2.24) is 9.21 Å². The third-order valence-electron chi connectivity index (χ3n) is 5.52. The summed E-state index contributed by atoms with van der Waals surface area (Å²) in [5.41, 5.74) is 1.93. The molecular weight excluding hydrogens is 376 g/mol. The molecule has 28 heavy (non-hydrogen) atoms. The highest BCUT2D eigenvalue weighted by molar-refractivity contribution is 7.89. The maximum Gasteiger partial charge on any atom is 0.238 e. The summed E-state index contributed by atoms with van der Waals surface area (Å²) >= 11 is 0. The van der Waals surface area contributed by atoms with Crippen LogP contribution in [0, 0.1) is 17.8 Å². The highest BCUT2D eigenvalue weighted by Gasteiger charge is 2.55. The predicted octanol–water partition coefficient (Wildman–Crippen LogP) is 1.40. The average Bonchev–Trinajstić information content (AvgIpc) is 2.64. The highest BCUT2D eigenvalue weighted by atomic mass is 32.2. The van der Waals surface area contributed by atoms with E-state index in [0.717, 1.165) is 17.5 Å². The summed E-state index contributed by atoms with van der Waals surface area (Å²) in [5, 5.41) is 9.82. The number of rotatable bonds is 5. The van der Waals surface area contributed by atoms with E-state index in [1.54, 1.807) is 11.8 Å². The average molecular weight is 405 g/mol. The van der Waals surface area contributed by atoms with Gasteiger partial charge < -0.3 is 10.0 Å². The fraction of sp³-hybridized carbons (Fsp3) is 0.571. The molecule has 1 amide bonds. The molecule has 0 bridgehead atoms. The number of piperazine rings is 1. The van der Waals surface area contributed by atoms with Crippen LogP contribution in [0.1, 0.15) is 44.2 Å². The Morgan fingerprint density at radius 2 is 1.93 bits per heavy atom. The van der Waals surface area contributed by atoms with Gasteiger partial charge in [0.1, 0.15) is 0 Å². The summed E-state index contributed by atoms with van der Waals surface area (Å²) in [5.74, 6) is 6.50. The van der Waals surface area contributed by atoms with Crippen molar-refractivity contribution in [3.63, 3.8) is 0 Å². The van der Waals surface area contributed by atoms with E-state index in [1.807, 2.05) is 24.3 Å². The lowest BCUT2D eigenvalue weighted by molar-refractivity contribution is -0.158. The standard InChI is InChI=1S/C21H28N2O4S/c1-4-28(26,27)22-12-18-21(19(14-24)23(18)20(25)13-22)17-10-8-16(9-11-17)7-5-6-15(2)3/h8-11,15,18-19,21,24H,4,6,12-14H2,1-3H3/t18-,19-,21+/m1/s1. The number of nitrogens with zero attached hydrogens (tertiary/aromatic N) is 2. The van der Waals surface area contributed by atoms with Gasteiger partial charge in [0.15, 0.2) is 0 Å². The molecule has 0 aromatic heterocycles. The van der Waals surface area contributed by atoms with Gasteiger partial charge in [-0.05, 0) is 30.5 Å². The molecule has 152 valence electrons. The van der Waals surface area contributed by atoms with E-state index in [4.69, 9.17) is 0 Å². The van der Waals surface area contributed by atoms with Crippen molar-refractivity contribution in [2.75, 3.05) is 25.4 Å². The molecule has 1 aromatic rings. The number of carbonyl (C=O) groups excluding carboxylic acids is 1. The van der Waals surface area contributed by atoms with Crippen molar-refractivity contribution < 1.29 is 18.3 Å². The summed E-state index contributed by atoms with van der Waals surface area (Å²) < 4.78 is 25.8. The van der Waals surface area contributed by atoms with Crippen LogP contribution >= 0.6 is 0 Å². The molecular formula is C21H28N2O4S. The van der Waals surface area contributed by atoms with E-state index in [9.17, 15) is 18.3 Å². The zero-order chi connectivity index (χ0) is 20.5. The van der Waals surface area contributed by atoms with E-state index in [0.29, 0.717) is 5.92 Å². The van der Waals surface area contributed by atoms with E-state index in [2.05, 4.69) is 25.7 Å². The molecule has 2 fully saturated rings. The molecule has 1 aromatic carbocycles. The van der Waals surface area contributed by atoms with Crippen molar-refractivity contribution in [3.8, 4) is 11.8 Å². The van der Waals surface area contributed by atoms with Crippen LogP contribution in [-0.4, -0.2) is 66.2 Å². The second-order valence-corrected chi connectivity index (χ2v) is 10.1. The van der Waals surface area contributed by atoms with Gasteiger partial charge in [0.2, 0.25) is 15.9 Å². The third kappa shape index (κ3) is 3.95. The van der Waals surface area contributed by atoms with Crippen LogP contribution in [0.3, 0.4) is 0 Å². The van der Waals surface area contributed by atoms with Gasteiger partial charge in [-0.3, -0.25) is 4.79 Å². The fourth-order valence-corrected chi connectivity index (χ4v) is 5.06. The molecule has 0 aliphatic carbocycles. The summed E-state index contributed by atoms with van der Waals surface area (Å²) in [6.45, 7) is 5.84. The lowest BCUT2D eigenvalue weighted by atomic mass is 9.74. The van der Waals surface area contributed by atoms with E-state index < -0.39 is 10.0 Å². The summed E-state index contributed by atoms with van der Waals surface area (Å²) in [7, 11) is -3.43. The Kier molecular flexibility index (Phi) is 6.13. The van der Waals surface area contributed by atoms with Gasteiger partial charge in [0, 0.05) is 24.4 Å². The summed E-state index contributed by atoms with van der Waals surface area (Å²) in [6, 6.07) is 7.30. The number of amides is 1. The number of carbonyl (C=O) groups is 1. The van der Waals surface area contributed by atoms with Crippen LogP contribution in [0.25, 0.3) is 0 Å². The first kappa shape index (κ1) is 20.8. The molecule has 6 nitrogen and oxygen atoms in total. The molecule has 0 radical (unpaired) electrons. The van der Waals surface area contributed by atoms with Gasteiger partial charge in [-0.25, -0.2) is 8.42 Å². The number of benzene rings is 1. The topological polar surface area (TPSA) is 77.9 Å². The van der Waals surface area contributed by atoms with E-state index in [-0.39, 0.29) is 49.4 Å². The second kappa shape index (κ2) is 8.24. The minimum absolute atomic E-state index is 0.0230. The number of hydrogen-bond donors (Lipinski definition) is 1. The number of aliphatic hydroxyl groups excluding tert-OH is 1. The van der Waals surface area contributed by atoms with Crippen molar-refractivity contribution in [2.24, 2.45) is 5.92 Å². The zero-order valence-electron chi connectivity index (χ0n) is 16.6. The van der Waals surface area contributed by atoms with Gasteiger partial charge >= 0.3 is 0 Å². The molecule has 2 heterocycles. The fourth-order valence-electron chi connectivity index (χ4n) is 4.01. The lowest BCUT2D eigenvalue weighted by Gasteiger charge is -2.58. The molecule has 0 spiro atoms. The molecule has 3 rings (SSSR count). The molecule has 0 saturated carbocycles. The first-order valence-electron chi connectivity index (χ1n) is 9.77. The maximum atomic E-state index is 12.5. The Bertz CT molecular complexity index is 883. The Labute approximate surface area is 167 Å². The monoisotopic (exact) mass is 404 g/mol. The van der Waals surface area contributed by atoms with E-state index >= 15 is 0 Å². The van der Waals surface area contributed by atoms with Crippen molar-refractivity contribution in [2.45, 2.75) is 45.2 Å². The van der Waals surface area contributed by atoms with Crippen LogP contribution in [0.5, 0.6) is 0 Å². The summed E-state index contributed by atoms with van der Waals surface area (Å²) in [4.78, 5) is 14.1. The van der Waals surface area contributed by atoms with Gasteiger partial charge in [0.25, 0.3) is 0 Å². The molecule has 7 heteroatoms. The molecule has 2 aliphatic rings. The smallest absolute Gasteiger partial charge is 0.238 e. The van der Waals surface area contributed by atoms with Crippen LogP contribution in [0.15, 0.2) is 24.3 Å². The van der Waals surface area contributed by atoms with Gasteiger partial charge in [-0.2, -0.15) is 4.31 Å². The first-order chi connectivity index (χ1) is 13.3. The normalized spacial score (nSPS) is 25.1. The lowest BCUT2D eigenvalue weighted by Crippen LogP contribution is -2.73. The number of sulfonamides is 1. The largest absolute Gasteiger partial charge is 0.394 e. The van der Waals surface area contributed by atoms with Gasteiger partial charge in [0.05, 0.1) is 31.0 Å². The number of aliphatic hydroxyl groups is 1. The van der Waals surface area contributed by atoms with Crippen LogP contribution < -0.4 is 0 Å². The minimum atomic E-state index is -3.43. The minimum Gasteiger partial charge on any atom is -0.394 e. The van der Waals surface area contributed by atoms with Crippen LogP contribution in [0.4, 0.5) is 0 Å². The predicted molar refractivity (Wildman–Crippen MR) is 108 cm³/mol. The molecule has 2 aliphatic heterocycles. The van der Waals surface area contributed by atoms with Crippen LogP contribution in [-0.2, 0) is 14.8 Å². The molecule has 2 saturated heterocycles. The Balaban J connectivity index is 1.80. The zero-order valence-corrected chi connectivity index (χ0v) is 17.4. The van der Waals surface area contributed by atoms with Crippen molar-refractivity contribution in [1.29, 1.82) is 0 Å². The van der Waals surface area contributed by atoms with Gasteiger partial charge in [-0.1, -0.05) is 37.8 Å². The number of hydrogen-bond acceptors (Lipinski definition) is 4. The summed E-state index contributed by atoms with van der Waals surface area (Å²) in [6.07, 6.45) is 0.845. The number of fused-ring (bicyclic) bond motifs is 1. The third-order valence-corrected chi connectivity index (χ3v) is 7.31. The Morgan fingerprint density at radius 1 is 1.25 bits per heavy atom. The highest BCUT2D eigenvalue weighted by Crippen LogP contribution is 2.43. The molecule has 1 N–H and O–H groups in total. The first-order valence-corrected chi connectivity index (χ1v) is 11.4. The van der Waals surface area contributed by atoms with Crippen LogP contribution in [0.2, 0.25) is 0 Å². The van der Waals surface area contributed by atoms with E-state index in [1.165, 1.54) is 4.31 Å². The molecule has 0 unspecified atom stereocenters. The Morgan fingerprint density at radius 3 is 2.50 bits per heavy atom.